The molecule has 0 unspecified atom stereocenters. The third-order valence-corrected chi connectivity index (χ3v) is 2.60. The number of carbonyl (C=O) groups excluding carboxylic acids is 1. The topological polar surface area (TPSA) is 57.0 Å². The molecule has 0 N–H and O–H groups in total. The van der Waals surface area contributed by atoms with E-state index < -0.39 is 5.97 Å². The van der Waals surface area contributed by atoms with Crippen LogP contribution in [0, 0.1) is 0 Å². The van der Waals surface area contributed by atoms with Gasteiger partial charge in [-0.25, -0.2) is 9.48 Å². The second-order valence-corrected chi connectivity index (χ2v) is 3.98. The molecule has 0 aliphatic carbocycles. The highest BCUT2D eigenvalue weighted by Crippen LogP contribution is 2.23. The smallest absolute Gasteiger partial charge is 0.360 e. The van der Waals surface area contributed by atoms with Crippen molar-refractivity contribution in [2.75, 3.05) is 7.11 Å². The molecule has 0 amide bonds. The van der Waals surface area contributed by atoms with Crippen LogP contribution in [0.1, 0.15) is 10.5 Å². The minimum atomic E-state index is -0.561. The van der Waals surface area contributed by atoms with Gasteiger partial charge in [0.05, 0.1) is 24.0 Å². The Morgan fingerprint density at radius 2 is 2.18 bits per heavy atom. The highest BCUT2D eigenvalue weighted by molar-refractivity contribution is 6.34. The van der Waals surface area contributed by atoms with Gasteiger partial charge < -0.3 is 4.74 Å². The fraction of sp³-hybridized carbons (Fsp3) is 0.100. The molecule has 5 nitrogen and oxygen atoms in total. The largest absolute Gasteiger partial charge is 0.464 e. The molecular weight excluding hydrogens is 265 g/mol. The summed E-state index contributed by atoms with van der Waals surface area (Å²) in [6.45, 7) is 0. The molecule has 0 bridgehead atoms. The van der Waals surface area contributed by atoms with Gasteiger partial charge in [-0.3, -0.25) is 0 Å². The Morgan fingerprint density at radius 3 is 2.88 bits per heavy atom. The lowest BCUT2D eigenvalue weighted by Crippen LogP contribution is -2.01. The Labute approximate surface area is 107 Å². The maximum atomic E-state index is 11.2. The number of benzene rings is 1. The lowest BCUT2D eigenvalue weighted by Gasteiger charge is -2.02. The molecule has 2 aromatic rings. The van der Waals surface area contributed by atoms with Crippen LogP contribution in [0.15, 0.2) is 24.4 Å². The van der Waals surface area contributed by atoms with Gasteiger partial charge in [-0.15, -0.1) is 5.10 Å². The molecule has 1 aromatic heterocycles. The summed E-state index contributed by atoms with van der Waals surface area (Å²) in [5, 5.41) is 8.42. The number of carbonyl (C=O) groups is 1. The number of methoxy groups -OCH3 is 1. The summed E-state index contributed by atoms with van der Waals surface area (Å²) in [6.07, 6.45) is 1.42. The molecule has 0 radical (unpaired) electrons. The van der Waals surface area contributed by atoms with Crippen molar-refractivity contribution in [3.63, 3.8) is 0 Å². The Morgan fingerprint density at radius 1 is 1.41 bits per heavy atom. The van der Waals surface area contributed by atoms with Gasteiger partial charge >= 0.3 is 5.97 Å². The summed E-state index contributed by atoms with van der Waals surface area (Å²) >= 11 is 11.8. The number of aromatic nitrogens is 3. The van der Waals surface area contributed by atoms with E-state index in [1.54, 1.807) is 18.2 Å². The van der Waals surface area contributed by atoms with Crippen molar-refractivity contribution in [2.24, 2.45) is 0 Å². The second-order valence-electron chi connectivity index (χ2n) is 3.14. The van der Waals surface area contributed by atoms with Crippen molar-refractivity contribution in [1.29, 1.82) is 0 Å². The average molecular weight is 272 g/mol. The Hall–Kier alpha value is -1.59. The first-order chi connectivity index (χ1) is 8.11. The number of esters is 1. The fourth-order valence-corrected chi connectivity index (χ4v) is 1.61. The van der Waals surface area contributed by atoms with E-state index in [1.807, 2.05) is 0 Å². The van der Waals surface area contributed by atoms with Crippen molar-refractivity contribution in [2.45, 2.75) is 0 Å². The van der Waals surface area contributed by atoms with Crippen molar-refractivity contribution in [3.8, 4) is 5.69 Å². The molecule has 0 saturated heterocycles. The summed E-state index contributed by atoms with van der Waals surface area (Å²) < 4.78 is 5.89. The summed E-state index contributed by atoms with van der Waals surface area (Å²) in [6, 6.07) is 4.92. The predicted molar refractivity (Wildman–Crippen MR) is 62.7 cm³/mol. The van der Waals surface area contributed by atoms with Crippen molar-refractivity contribution in [1.82, 2.24) is 15.0 Å². The quantitative estimate of drug-likeness (QED) is 0.787. The Kier molecular flexibility index (Phi) is 3.31. The van der Waals surface area contributed by atoms with Crippen LogP contribution in [0.5, 0.6) is 0 Å². The molecule has 0 atom stereocenters. The molecule has 17 heavy (non-hydrogen) atoms. The SMILES string of the molecule is COC(=O)c1cn(-c2cc(Cl)ccc2Cl)nn1. The van der Waals surface area contributed by atoms with Gasteiger partial charge in [0.1, 0.15) is 0 Å². The van der Waals surface area contributed by atoms with Crippen LogP contribution in [-0.2, 0) is 4.74 Å². The maximum Gasteiger partial charge on any atom is 0.360 e. The molecule has 0 aliphatic rings. The van der Waals surface area contributed by atoms with Crippen LogP contribution in [0.2, 0.25) is 10.0 Å². The molecule has 1 aromatic carbocycles. The number of nitrogens with zero attached hydrogens (tertiary/aromatic N) is 3. The van der Waals surface area contributed by atoms with Gasteiger partial charge in [0.2, 0.25) is 0 Å². The van der Waals surface area contributed by atoms with Gasteiger partial charge in [-0.2, -0.15) is 0 Å². The summed E-state index contributed by atoms with van der Waals surface area (Å²) in [5.41, 5.74) is 0.644. The van der Waals surface area contributed by atoms with E-state index in [4.69, 9.17) is 23.2 Å². The zero-order chi connectivity index (χ0) is 12.4. The number of hydrogen-bond donors (Lipinski definition) is 0. The highest BCUT2D eigenvalue weighted by Gasteiger charge is 2.13. The van der Waals surface area contributed by atoms with Crippen LogP contribution in [-0.4, -0.2) is 28.1 Å². The van der Waals surface area contributed by atoms with E-state index in [9.17, 15) is 4.79 Å². The first kappa shape index (κ1) is 11.9. The van der Waals surface area contributed by atoms with E-state index in [0.717, 1.165) is 0 Å². The summed E-state index contributed by atoms with van der Waals surface area (Å²) in [5.74, 6) is -0.561. The lowest BCUT2D eigenvalue weighted by atomic mass is 10.3. The molecule has 1 heterocycles. The van der Waals surface area contributed by atoms with E-state index in [2.05, 4.69) is 15.0 Å². The maximum absolute atomic E-state index is 11.2. The van der Waals surface area contributed by atoms with Gasteiger partial charge in [-0.05, 0) is 18.2 Å². The van der Waals surface area contributed by atoms with E-state index in [-0.39, 0.29) is 5.69 Å². The van der Waals surface area contributed by atoms with Gasteiger partial charge in [0.25, 0.3) is 0 Å². The average Bonchev–Trinajstić information content (AvgIpc) is 2.80. The molecular formula is C10H7Cl2N3O2. The zero-order valence-corrected chi connectivity index (χ0v) is 10.2. The number of rotatable bonds is 2. The van der Waals surface area contributed by atoms with Crippen LogP contribution in [0.3, 0.4) is 0 Å². The summed E-state index contributed by atoms with van der Waals surface area (Å²) in [4.78, 5) is 11.2. The van der Waals surface area contributed by atoms with Crippen molar-refractivity contribution >= 4 is 29.2 Å². The van der Waals surface area contributed by atoms with E-state index in [0.29, 0.717) is 15.7 Å². The van der Waals surface area contributed by atoms with Gasteiger partial charge in [0.15, 0.2) is 5.69 Å². The molecule has 0 saturated carbocycles. The lowest BCUT2D eigenvalue weighted by molar-refractivity contribution is 0.0594. The van der Waals surface area contributed by atoms with Crippen molar-refractivity contribution in [3.05, 3.63) is 40.1 Å². The molecule has 88 valence electrons. The molecule has 7 heteroatoms. The molecule has 0 aliphatic heterocycles. The first-order valence-corrected chi connectivity index (χ1v) is 5.33. The zero-order valence-electron chi connectivity index (χ0n) is 8.72. The minimum absolute atomic E-state index is 0.101. The normalized spacial score (nSPS) is 10.3. The predicted octanol–water partition coefficient (Wildman–Crippen LogP) is 2.36. The van der Waals surface area contributed by atoms with Crippen LogP contribution < -0.4 is 0 Å². The number of halogens is 2. The fourth-order valence-electron chi connectivity index (χ4n) is 1.24. The van der Waals surface area contributed by atoms with E-state index >= 15 is 0 Å². The molecule has 0 fully saturated rings. The second kappa shape index (κ2) is 4.73. The Balaban J connectivity index is 2.43. The Bertz CT molecular complexity index is 568. The third kappa shape index (κ3) is 2.40. The molecule has 0 spiro atoms. The standard InChI is InChI=1S/C10H7Cl2N3O2/c1-17-10(16)8-5-15(14-13-8)9-4-6(11)2-3-7(9)12/h2-5H,1H3. The van der Waals surface area contributed by atoms with Gasteiger partial charge in [-0.1, -0.05) is 28.4 Å². The van der Waals surface area contributed by atoms with Crippen LogP contribution in [0.25, 0.3) is 5.69 Å². The van der Waals surface area contributed by atoms with E-state index in [1.165, 1.54) is 18.0 Å². The van der Waals surface area contributed by atoms with Gasteiger partial charge in [0, 0.05) is 5.02 Å². The number of hydrogen-bond acceptors (Lipinski definition) is 4. The minimum Gasteiger partial charge on any atom is -0.464 e. The van der Waals surface area contributed by atoms with Crippen molar-refractivity contribution < 1.29 is 9.53 Å². The first-order valence-electron chi connectivity index (χ1n) is 4.58. The van der Waals surface area contributed by atoms with Crippen LogP contribution in [0.4, 0.5) is 0 Å². The molecule has 2 rings (SSSR count). The highest BCUT2D eigenvalue weighted by atomic mass is 35.5. The monoisotopic (exact) mass is 271 g/mol. The third-order valence-electron chi connectivity index (χ3n) is 2.04. The summed E-state index contributed by atoms with van der Waals surface area (Å²) in [7, 11) is 1.27. The van der Waals surface area contributed by atoms with Crippen LogP contribution >= 0.6 is 23.2 Å². The number of ether oxygens (including phenoxy) is 1.